The first-order valence-corrected chi connectivity index (χ1v) is 7.94. The molecular weight excluding hydrogens is 314 g/mol. The van der Waals surface area contributed by atoms with E-state index in [1.54, 1.807) is 0 Å². The number of nitrogens with zero attached hydrogens (tertiary/aromatic N) is 2. The fraction of sp³-hybridized carbons (Fsp3) is 0.533. The lowest BCUT2D eigenvalue weighted by molar-refractivity contribution is 0.0689. The van der Waals surface area contributed by atoms with Crippen LogP contribution in [0, 0.1) is 0 Å². The molecule has 0 aliphatic heterocycles. The summed E-state index contributed by atoms with van der Waals surface area (Å²) in [6.07, 6.45) is 7.65. The lowest BCUT2D eigenvalue weighted by atomic mass is 9.96. The predicted molar refractivity (Wildman–Crippen MR) is 84.7 cm³/mol. The first kappa shape index (κ1) is 17.6. The first-order valence-electron chi connectivity index (χ1n) is 7.94. The molecule has 1 aliphatic rings. The molecule has 1 heterocycles. The number of aromatic nitrogens is 2. The highest BCUT2D eigenvalue weighted by atomic mass is 16.4. The van der Waals surface area contributed by atoms with E-state index in [9.17, 15) is 14.4 Å². The summed E-state index contributed by atoms with van der Waals surface area (Å²) >= 11 is 0. The van der Waals surface area contributed by atoms with E-state index < -0.39 is 11.9 Å². The smallest absolute Gasteiger partial charge is 0.356 e. The molecule has 1 aromatic rings. The number of carboxylic acid groups (broad SMARTS) is 1. The van der Waals surface area contributed by atoms with Gasteiger partial charge in [-0.15, -0.1) is 0 Å². The van der Waals surface area contributed by atoms with E-state index in [1.165, 1.54) is 6.42 Å². The zero-order chi connectivity index (χ0) is 17.4. The molecule has 0 spiro atoms. The van der Waals surface area contributed by atoms with E-state index in [0.717, 1.165) is 38.1 Å². The molecule has 0 aromatic carbocycles. The summed E-state index contributed by atoms with van der Waals surface area (Å²) in [4.78, 5) is 41.5. The van der Waals surface area contributed by atoms with Crippen molar-refractivity contribution in [3.63, 3.8) is 0 Å². The van der Waals surface area contributed by atoms with Crippen molar-refractivity contribution in [1.82, 2.24) is 25.9 Å². The molecule has 3 amide bonds. The van der Waals surface area contributed by atoms with Gasteiger partial charge in [0.2, 0.25) is 0 Å². The van der Waals surface area contributed by atoms with Crippen molar-refractivity contribution in [3.05, 3.63) is 23.8 Å². The molecule has 1 saturated carbocycles. The Morgan fingerprint density at radius 1 is 1.00 bits per heavy atom. The summed E-state index contributed by atoms with van der Waals surface area (Å²) < 4.78 is 0. The largest absolute Gasteiger partial charge is 0.476 e. The summed E-state index contributed by atoms with van der Waals surface area (Å²) in [6.45, 7) is 0.518. The van der Waals surface area contributed by atoms with Gasteiger partial charge in [0, 0.05) is 19.1 Å². The molecular formula is C15H21N5O4. The summed E-state index contributed by atoms with van der Waals surface area (Å²) in [7, 11) is 0. The van der Waals surface area contributed by atoms with Crippen LogP contribution < -0.4 is 16.0 Å². The van der Waals surface area contributed by atoms with Gasteiger partial charge in [0.25, 0.3) is 5.91 Å². The molecule has 9 nitrogen and oxygen atoms in total. The van der Waals surface area contributed by atoms with Gasteiger partial charge < -0.3 is 21.1 Å². The number of carboxylic acids is 1. The van der Waals surface area contributed by atoms with Gasteiger partial charge in [-0.2, -0.15) is 0 Å². The van der Waals surface area contributed by atoms with Gasteiger partial charge in [-0.05, 0) is 12.8 Å². The molecule has 0 radical (unpaired) electrons. The Labute approximate surface area is 139 Å². The monoisotopic (exact) mass is 335 g/mol. The molecule has 0 atom stereocenters. The van der Waals surface area contributed by atoms with Crippen LogP contribution in [-0.4, -0.2) is 52.1 Å². The second-order valence-electron chi connectivity index (χ2n) is 5.58. The zero-order valence-corrected chi connectivity index (χ0v) is 13.2. The third-order valence-electron chi connectivity index (χ3n) is 3.74. The maximum Gasteiger partial charge on any atom is 0.356 e. The number of rotatable bonds is 6. The Bertz CT molecular complexity index is 584. The maximum atomic E-state index is 11.8. The van der Waals surface area contributed by atoms with Gasteiger partial charge in [-0.1, -0.05) is 19.3 Å². The summed E-state index contributed by atoms with van der Waals surface area (Å²) in [5, 5.41) is 16.9. The Morgan fingerprint density at radius 3 is 2.25 bits per heavy atom. The van der Waals surface area contributed by atoms with E-state index in [4.69, 9.17) is 5.11 Å². The van der Waals surface area contributed by atoms with Crippen LogP contribution >= 0.6 is 0 Å². The van der Waals surface area contributed by atoms with Crippen LogP contribution in [0.1, 0.15) is 53.1 Å². The van der Waals surface area contributed by atoms with Crippen LogP contribution in [0.2, 0.25) is 0 Å². The number of carbonyl (C=O) groups is 3. The molecule has 2 rings (SSSR count). The number of hydrogen-bond acceptors (Lipinski definition) is 5. The van der Waals surface area contributed by atoms with Crippen LogP contribution in [-0.2, 0) is 0 Å². The molecule has 1 aliphatic carbocycles. The van der Waals surface area contributed by atoms with Crippen LogP contribution in [0.25, 0.3) is 0 Å². The molecule has 4 N–H and O–H groups in total. The van der Waals surface area contributed by atoms with E-state index >= 15 is 0 Å². The van der Waals surface area contributed by atoms with Crippen LogP contribution in [0.4, 0.5) is 4.79 Å². The van der Waals surface area contributed by atoms with Crippen molar-refractivity contribution >= 4 is 17.9 Å². The Hall–Kier alpha value is -2.71. The fourth-order valence-corrected chi connectivity index (χ4v) is 2.48. The van der Waals surface area contributed by atoms with Crippen molar-refractivity contribution in [2.75, 3.05) is 13.1 Å². The Morgan fingerprint density at radius 2 is 1.62 bits per heavy atom. The van der Waals surface area contributed by atoms with Gasteiger partial charge in [0.1, 0.15) is 5.69 Å². The molecule has 130 valence electrons. The summed E-state index contributed by atoms with van der Waals surface area (Å²) in [5.41, 5.74) is -0.209. The van der Waals surface area contributed by atoms with Crippen LogP contribution in [0.5, 0.6) is 0 Å². The molecule has 1 fully saturated rings. The minimum Gasteiger partial charge on any atom is -0.476 e. The highest BCUT2D eigenvalue weighted by molar-refractivity contribution is 5.92. The van der Waals surface area contributed by atoms with Gasteiger partial charge >= 0.3 is 12.0 Å². The van der Waals surface area contributed by atoms with Gasteiger partial charge in [0.15, 0.2) is 5.69 Å². The van der Waals surface area contributed by atoms with Crippen molar-refractivity contribution < 1.29 is 19.5 Å². The Kier molecular flexibility index (Phi) is 6.47. The lowest BCUT2D eigenvalue weighted by Crippen LogP contribution is -2.45. The third-order valence-corrected chi connectivity index (χ3v) is 3.74. The summed E-state index contributed by atoms with van der Waals surface area (Å²) in [5.74, 6) is -1.68. The number of amides is 3. The maximum absolute atomic E-state index is 11.8. The van der Waals surface area contributed by atoms with Crippen molar-refractivity contribution in [3.8, 4) is 0 Å². The molecule has 24 heavy (non-hydrogen) atoms. The predicted octanol–water partition coefficient (Wildman–Crippen LogP) is 0.536. The number of nitrogens with one attached hydrogen (secondary N) is 3. The van der Waals surface area contributed by atoms with E-state index in [2.05, 4.69) is 25.9 Å². The Balaban J connectivity index is 1.65. The normalized spacial score (nSPS) is 14.7. The van der Waals surface area contributed by atoms with E-state index in [1.807, 2.05) is 0 Å². The molecule has 1 aromatic heterocycles. The van der Waals surface area contributed by atoms with Crippen molar-refractivity contribution in [1.29, 1.82) is 0 Å². The highest BCUT2D eigenvalue weighted by Crippen LogP contribution is 2.16. The average Bonchev–Trinajstić information content (AvgIpc) is 2.59. The lowest BCUT2D eigenvalue weighted by Gasteiger charge is -2.22. The van der Waals surface area contributed by atoms with Crippen molar-refractivity contribution in [2.24, 2.45) is 0 Å². The third kappa shape index (κ3) is 5.49. The summed E-state index contributed by atoms with van der Waals surface area (Å²) in [6, 6.07) is -0.00174. The van der Waals surface area contributed by atoms with Crippen molar-refractivity contribution in [2.45, 2.75) is 38.1 Å². The molecule has 0 bridgehead atoms. The molecule has 0 unspecified atom stereocenters. The topological polar surface area (TPSA) is 133 Å². The van der Waals surface area contributed by atoms with E-state index in [0.29, 0.717) is 0 Å². The number of hydrogen-bond donors (Lipinski definition) is 4. The van der Waals surface area contributed by atoms with Crippen LogP contribution in [0.3, 0.4) is 0 Å². The standard InChI is InChI=1S/C15H21N5O4/c21-13(11-8-19-12(9-18-11)14(22)23)16-6-7-17-15(24)20-10-4-2-1-3-5-10/h8-10H,1-7H2,(H,16,21)(H,22,23)(H2,17,20,24). The number of aromatic carboxylic acids is 1. The average molecular weight is 335 g/mol. The SMILES string of the molecule is O=C(NCCNC(=O)c1cnc(C(=O)O)cn1)NC1CCCCC1. The number of carbonyl (C=O) groups excluding carboxylic acids is 2. The minimum absolute atomic E-state index is 0.0201. The second kappa shape index (κ2) is 8.80. The van der Waals surface area contributed by atoms with Gasteiger partial charge in [-0.3, -0.25) is 4.79 Å². The second-order valence-corrected chi connectivity index (χ2v) is 5.58. The molecule has 9 heteroatoms. The first-order chi connectivity index (χ1) is 11.6. The fourth-order valence-electron chi connectivity index (χ4n) is 2.48. The quantitative estimate of drug-likeness (QED) is 0.561. The number of urea groups is 1. The van der Waals surface area contributed by atoms with Crippen LogP contribution in [0.15, 0.2) is 12.4 Å². The highest BCUT2D eigenvalue weighted by Gasteiger charge is 2.15. The minimum atomic E-state index is -1.21. The zero-order valence-electron chi connectivity index (χ0n) is 13.2. The van der Waals surface area contributed by atoms with Gasteiger partial charge in [0.05, 0.1) is 12.4 Å². The van der Waals surface area contributed by atoms with Gasteiger partial charge in [-0.25, -0.2) is 19.6 Å². The molecule has 0 saturated heterocycles. The van der Waals surface area contributed by atoms with E-state index in [-0.39, 0.29) is 36.6 Å².